The van der Waals surface area contributed by atoms with Crippen LogP contribution in [0.5, 0.6) is 0 Å². The van der Waals surface area contributed by atoms with E-state index in [0.717, 1.165) is 4.90 Å². The van der Waals surface area contributed by atoms with Gasteiger partial charge in [-0.25, -0.2) is 0 Å². The number of aromatic nitrogens is 1. The second kappa shape index (κ2) is 4.98. The maximum absolute atomic E-state index is 11.8. The second-order valence-electron chi connectivity index (χ2n) is 3.05. The summed E-state index contributed by atoms with van der Waals surface area (Å²) >= 11 is 0. The van der Waals surface area contributed by atoms with Crippen molar-refractivity contribution < 1.29 is 19.2 Å². The lowest BCUT2D eigenvalue weighted by Gasteiger charge is -2.16. The number of rotatable bonds is 4. The predicted molar refractivity (Wildman–Crippen MR) is 53.6 cm³/mol. The first-order valence-electron chi connectivity index (χ1n) is 4.42. The Morgan fingerprint density at radius 3 is 2.81 bits per heavy atom. The molecule has 1 rings (SSSR count). The molecule has 0 bridgehead atoms. The largest absolute Gasteiger partial charge is 0.480 e. The molecule has 1 N–H and O–H groups in total. The number of nitrogens with zero attached hydrogens (tertiary/aromatic N) is 2. The molecule has 6 heteroatoms. The van der Waals surface area contributed by atoms with Crippen molar-refractivity contribution in [3.63, 3.8) is 0 Å². The topological polar surface area (TPSA) is 83.6 Å². The molecule has 0 atom stereocenters. The summed E-state index contributed by atoms with van der Waals surface area (Å²) in [5.74, 6) is 0.929. The Balaban J connectivity index is 2.88. The molecule has 1 heterocycles. The molecule has 0 aliphatic heterocycles. The molecule has 84 valence electrons. The van der Waals surface area contributed by atoms with E-state index in [9.17, 15) is 9.59 Å². The zero-order valence-corrected chi connectivity index (χ0v) is 8.64. The quantitative estimate of drug-likeness (QED) is 0.733. The lowest BCUT2D eigenvalue weighted by Crippen LogP contribution is -2.36. The van der Waals surface area contributed by atoms with E-state index in [1.807, 2.05) is 0 Å². The Kier molecular flexibility index (Phi) is 3.67. The third kappa shape index (κ3) is 2.60. The summed E-state index contributed by atoms with van der Waals surface area (Å²) in [6, 6.07) is 0. The molecule has 0 fully saturated rings. The predicted octanol–water partition coefficient (Wildman–Crippen LogP) is 0.143. The van der Waals surface area contributed by atoms with Gasteiger partial charge in [-0.3, -0.25) is 9.59 Å². The van der Waals surface area contributed by atoms with Crippen molar-refractivity contribution in [3.05, 3.63) is 17.5 Å². The van der Waals surface area contributed by atoms with Gasteiger partial charge in [0.05, 0.1) is 12.7 Å². The summed E-state index contributed by atoms with van der Waals surface area (Å²) < 4.78 is 4.72. The van der Waals surface area contributed by atoms with E-state index in [2.05, 4.69) is 11.1 Å². The van der Waals surface area contributed by atoms with Crippen LogP contribution in [0.25, 0.3) is 0 Å². The Morgan fingerprint density at radius 1 is 1.69 bits per heavy atom. The molecule has 1 aromatic heterocycles. The fourth-order valence-corrected chi connectivity index (χ4v) is 1.15. The summed E-state index contributed by atoms with van der Waals surface area (Å²) in [5.41, 5.74) is 0.219. The number of amides is 1. The van der Waals surface area contributed by atoms with Gasteiger partial charge in [-0.2, -0.15) is 0 Å². The Labute approximate surface area is 91.8 Å². The molecule has 0 radical (unpaired) electrons. The van der Waals surface area contributed by atoms with E-state index in [1.165, 1.54) is 6.20 Å². The van der Waals surface area contributed by atoms with Crippen molar-refractivity contribution in [2.75, 3.05) is 13.1 Å². The fourth-order valence-electron chi connectivity index (χ4n) is 1.15. The van der Waals surface area contributed by atoms with Crippen molar-refractivity contribution in [2.45, 2.75) is 6.92 Å². The summed E-state index contributed by atoms with van der Waals surface area (Å²) in [6.07, 6.45) is 6.30. The molecule has 6 nitrogen and oxygen atoms in total. The highest BCUT2D eigenvalue weighted by Crippen LogP contribution is 2.09. The third-order valence-corrected chi connectivity index (χ3v) is 1.88. The maximum atomic E-state index is 11.8. The minimum Gasteiger partial charge on any atom is -0.480 e. The van der Waals surface area contributed by atoms with Gasteiger partial charge in [0.25, 0.3) is 5.91 Å². The van der Waals surface area contributed by atoms with Crippen molar-refractivity contribution in [1.29, 1.82) is 0 Å². The van der Waals surface area contributed by atoms with Crippen LogP contribution in [-0.2, 0) is 4.79 Å². The molecule has 0 aliphatic carbocycles. The van der Waals surface area contributed by atoms with Crippen molar-refractivity contribution >= 4 is 11.9 Å². The zero-order chi connectivity index (χ0) is 12.1. The first kappa shape index (κ1) is 11.8. The first-order valence-corrected chi connectivity index (χ1v) is 4.42. The van der Waals surface area contributed by atoms with E-state index < -0.39 is 18.4 Å². The molecular weight excluding hydrogens is 212 g/mol. The van der Waals surface area contributed by atoms with Crippen LogP contribution in [0, 0.1) is 19.3 Å². The van der Waals surface area contributed by atoms with E-state index in [0.29, 0.717) is 5.76 Å². The summed E-state index contributed by atoms with van der Waals surface area (Å²) in [5, 5.41) is 12.1. The monoisotopic (exact) mass is 222 g/mol. The maximum Gasteiger partial charge on any atom is 0.323 e. The van der Waals surface area contributed by atoms with Crippen LogP contribution >= 0.6 is 0 Å². The molecule has 0 aromatic carbocycles. The first-order chi connectivity index (χ1) is 7.56. The van der Waals surface area contributed by atoms with Crippen LogP contribution in [0.15, 0.2) is 10.7 Å². The molecular formula is C10H10N2O4. The lowest BCUT2D eigenvalue weighted by atomic mass is 10.2. The van der Waals surface area contributed by atoms with Crippen molar-refractivity contribution in [2.24, 2.45) is 0 Å². The molecule has 0 saturated carbocycles. The SMILES string of the molecule is C#CCN(CC(=O)O)C(=O)c1cnoc1C. The number of aryl methyl sites for hydroxylation is 1. The lowest BCUT2D eigenvalue weighted by molar-refractivity contribution is -0.137. The minimum absolute atomic E-state index is 0.0737. The molecule has 0 saturated heterocycles. The van der Waals surface area contributed by atoms with Crippen LogP contribution in [0.4, 0.5) is 0 Å². The highest BCUT2D eigenvalue weighted by atomic mass is 16.5. The third-order valence-electron chi connectivity index (χ3n) is 1.88. The van der Waals surface area contributed by atoms with E-state index in [4.69, 9.17) is 16.1 Å². The standard InChI is InChI=1S/C10H10N2O4/c1-3-4-12(6-9(13)14)10(15)8-5-11-16-7(8)2/h1,5H,4,6H2,2H3,(H,13,14). The van der Waals surface area contributed by atoms with Gasteiger partial charge in [0.1, 0.15) is 17.9 Å². The van der Waals surface area contributed by atoms with Gasteiger partial charge in [-0.1, -0.05) is 11.1 Å². The van der Waals surface area contributed by atoms with Gasteiger partial charge in [-0.15, -0.1) is 6.42 Å². The van der Waals surface area contributed by atoms with Crippen LogP contribution in [0.2, 0.25) is 0 Å². The van der Waals surface area contributed by atoms with E-state index in [-0.39, 0.29) is 12.1 Å². The average Bonchev–Trinajstić information content (AvgIpc) is 2.62. The number of carboxylic acid groups (broad SMARTS) is 1. The number of carbonyl (C=O) groups is 2. The normalized spacial score (nSPS) is 9.50. The fraction of sp³-hybridized carbons (Fsp3) is 0.300. The smallest absolute Gasteiger partial charge is 0.323 e. The van der Waals surface area contributed by atoms with E-state index in [1.54, 1.807) is 6.92 Å². The molecule has 1 aromatic rings. The average molecular weight is 222 g/mol. The van der Waals surface area contributed by atoms with E-state index >= 15 is 0 Å². The van der Waals surface area contributed by atoms with Gasteiger partial charge in [-0.05, 0) is 6.92 Å². The van der Waals surface area contributed by atoms with Crippen LogP contribution in [0.1, 0.15) is 16.1 Å². The van der Waals surface area contributed by atoms with Gasteiger partial charge < -0.3 is 14.5 Å². The highest BCUT2D eigenvalue weighted by molar-refractivity contribution is 5.96. The number of terminal acetylenes is 1. The minimum atomic E-state index is -1.13. The number of hydrogen-bond donors (Lipinski definition) is 1. The van der Waals surface area contributed by atoms with Crippen LogP contribution < -0.4 is 0 Å². The Bertz CT molecular complexity index is 444. The van der Waals surface area contributed by atoms with Gasteiger partial charge in [0, 0.05) is 0 Å². The molecule has 1 amide bonds. The van der Waals surface area contributed by atoms with Crippen LogP contribution in [-0.4, -0.2) is 40.1 Å². The van der Waals surface area contributed by atoms with Crippen LogP contribution in [0.3, 0.4) is 0 Å². The number of carbonyl (C=O) groups excluding carboxylic acids is 1. The number of hydrogen-bond acceptors (Lipinski definition) is 4. The van der Waals surface area contributed by atoms with Crippen molar-refractivity contribution in [3.8, 4) is 12.3 Å². The second-order valence-corrected chi connectivity index (χ2v) is 3.05. The number of carboxylic acids is 1. The number of aliphatic carboxylic acids is 1. The summed E-state index contributed by atoms with van der Waals surface area (Å²) in [6.45, 7) is 1.04. The molecule has 0 aliphatic rings. The molecule has 0 unspecified atom stereocenters. The van der Waals surface area contributed by atoms with Gasteiger partial charge in [0.2, 0.25) is 0 Å². The summed E-state index contributed by atoms with van der Waals surface area (Å²) in [4.78, 5) is 23.4. The summed E-state index contributed by atoms with van der Waals surface area (Å²) in [7, 11) is 0. The highest BCUT2D eigenvalue weighted by Gasteiger charge is 2.21. The molecule has 0 spiro atoms. The van der Waals surface area contributed by atoms with Gasteiger partial charge in [0.15, 0.2) is 0 Å². The Hall–Kier alpha value is -2.29. The van der Waals surface area contributed by atoms with Crippen molar-refractivity contribution in [1.82, 2.24) is 10.1 Å². The Morgan fingerprint density at radius 2 is 2.38 bits per heavy atom. The zero-order valence-electron chi connectivity index (χ0n) is 8.64. The molecule has 16 heavy (non-hydrogen) atoms. The van der Waals surface area contributed by atoms with Gasteiger partial charge >= 0.3 is 5.97 Å².